The van der Waals surface area contributed by atoms with Gasteiger partial charge in [0.1, 0.15) is 17.4 Å². The van der Waals surface area contributed by atoms with E-state index in [1.54, 1.807) is 37.4 Å². The molecule has 3 aromatic rings. The van der Waals surface area contributed by atoms with E-state index in [9.17, 15) is 4.39 Å². The first-order chi connectivity index (χ1) is 14.5. The lowest BCUT2D eigenvalue weighted by Crippen LogP contribution is -2.08. The van der Waals surface area contributed by atoms with E-state index in [4.69, 9.17) is 27.9 Å². The van der Waals surface area contributed by atoms with Crippen molar-refractivity contribution in [3.63, 3.8) is 0 Å². The largest absolute Gasteiger partial charge is 0.508 e. The van der Waals surface area contributed by atoms with Crippen molar-refractivity contribution in [1.29, 1.82) is 0 Å². The first-order valence-corrected chi connectivity index (χ1v) is 9.78. The predicted octanol–water partition coefficient (Wildman–Crippen LogP) is 5.69. The Morgan fingerprint density at radius 1 is 1.23 bits per heavy atom. The van der Waals surface area contributed by atoms with E-state index in [0.717, 1.165) is 24.1 Å². The van der Waals surface area contributed by atoms with Crippen LogP contribution in [0, 0.1) is 12.4 Å². The Kier molecular flexibility index (Phi) is 5.42. The molecule has 1 atom stereocenters. The molecule has 0 radical (unpaired) electrons. The summed E-state index contributed by atoms with van der Waals surface area (Å²) in [6.07, 6.45) is 1.50. The molecule has 0 spiro atoms. The van der Waals surface area contributed by atoms with E-state index in [-0.39, 0.29) is 11.7 Å². The molecule has 8 heteroatoms. The number of aromatic nitrogens is 2. The average molecular weight is 424 g/mol. The number of ether oxygens (including phenoxy) is 1. The number of hydrogen-bond donors (Lipinski definition) is 2. The molecule has 1 aliphatic rings. The van der Waals surface area contributed by atoms with Gasteiger partial charge in [0.15, 0.2) is 0 Å². The summed E-state index contributed by atoms with van der Waals surface area (Å²) in [5, 5.41) is 6.66. The average Bonchev–Trinajstić information content (AvgIpc) is 3.16. The lowest BCUT2D eigenvalue weighted by atomic mass is 9.96. The zero-order valence-corrected chi connectivity index (χ0v) is 17.2. The fraction of sp³-hybridized carbons (Fsp3) is 0.227. The smallest absolute Gasteiger partial charge is 0.229 e. The second-order valence-corrected chi connectivity index (χ2v) is 7.33. The van der Waals surface area contributed by atoms with Crippen molar-refractivity contribution in [1.82, 2.24) is 9.97 Å². The van der Waals surface area contributed by atoms with Gasteiger partial charge in [-0.25, -0.2) is 14.2 Å². The number of hydrogen-bond acceptors (Lipinski definition) is 5. The summed E-state index contributed by atoms with van der Waals surface area (Å²) in [4.78, 5) is 12.7. The topological polar surface area (TPSA) is 63.4 Å². The van der Waals surface area contributed by atoms with Gasteiger partial charge in [0.2, 0.25) is 11.6 Å². The monoisotopic (exact) mass is 423 g/mol. The number of anilines is 3. The third-order valence-corrected chi connectivity index (χ3v) is 5.42. The van der Waals surface area contributed by atoms with Gasteiger partial charge < -0.3 is 15.4 Å². The van der Waals surface area contributed by atoms with Gasteiger partial charge in [-0.3, -0.25) is 0 Å². The van der Waals surface area contributed by atoms with Crippen molar-refractivity contribution in [2.75, 3.05) is 24.8 Å². The first-order valence-electron chi connectivity index (χ1n) is 9.40. The molecular weight excluding hydrogens is 405 g/mol. The lowest BCUT2D eigenvalue weighted by molar-refractivity contribution is 0.417. The van der Waals surface area contributed by atoms with Crippen molar-refractivity contribution < 1.29 is 9.13 Å². The van der Waals surface area contributed by atoms with Crippen LogP contribution in [0.2, 0.25) is 5.02 Å². The van der Waals surface area contributed by atoms with Crippen molar-refractivity contribution in [3.8, 4) is 5.75 Å². The highest BCUT2D eigenvalue weighted by Crippen LogP contribution is 2.41. The standard InChI is InChI=1S/C22H19ClFN5O/c1-25-18-9-5-13(11-19(18)30-3)27-22-28-20-15(7-8-16(20)21(26-2)29-22)14-6-4-12(23)10-17(14)24/h4-6,9-11,15H,7-8H2,2-3H3,(H2,26,27,28,29)/t15-/m1/s1. The minimum Gasteiger partial charge on any atom is -0.508 e. The maximum Gasteiger partial charge on any atom is 0.229 e. The number of methoxy groups -OCH3 is 1. The van der Waals surface area contributed by atoms with E-state index in [1.165, 1.54) is 13.2 Å². The second kappa shape index (κ2) is 8.17. The van der Waals surface area contributed by atoms with Crippen LogP contribution in [0.5, 0.6) is 5.75 Å². The number of nitrogens with zero attached hydrogens (tertiary/aromatic N) is 3. The van der Waals surface area contributed by atoms with Crippen molar-refractivity contribution >= 4 is 34.7 Å². The van der Waals surface area contributed by atoms with E-state index >= 15 is 0 Å². The summed E-state index contributed by atoms with van der Waals surface area (Å²) in [5.41, 5.74) is 3.47. The Bertz CT molecular complexity index is 1160. The fourth-order valence-electron chi connectivity index (χ4n) is 3.79. The maximum atomic E-state index is 14.6. The molecule has 2 N–H and O–H groups in total. The van der Waals surface area contributed by atoms with E-state index < -0.39 is 0 Å². The van der Waals surface area contributed by atoms with E-state index in [1.807, 2.05) is 0 Å². The van der Waals surface area contributed by atoms with E-state index in [0.29, 0.717) is 39.5 Å². The highest BCUT2D eigenvalue weighted by Gasteiger charge is 2.31. The molecule has 0 fully saturated rings. The van der Waals surface area contributed by atoms with Crippen LogP contribution in [0.15, 0.2) is 36.4 Å². The fourth-order valence-corrected chi connectivity index (χ4v) is 3.95. The molecule has 0 saturated carbocycles. The highest BCUT2D eigenvalue weighted by molar-refractivity contribution is 6.30. The SMILES string of the molecule is [C-]#[N+]c1ccc(Nc2nc(NC)c3c(n2)[C@@H](c2ccc(Cl)cc2F)CC3)cc1OC. The van der Waals surface area contributed by atoms with Crippen LogP contribution >= 0.6 is 11.6 Å². The summed E-state index contributed by atoms with van der Waals surface area (Å²) in [6.45, 7) is 7.20. The summed E-state index contributed by atoms with van der Waals surface area (Å²) in [5.74, 6) is 1.05. The van der Waals surface area contributed by atoms with Crippen LogP contribution in [0.4, 0.5) is 27.5 Å². The van der Waals surface area contributed by atoms with Crippen molar-refractivity contribution in [2.24, 2.45) is 0 Å². The van der Waals surface area contributed by atoms with E-state index in [2.05, 4.69) is 20.5 Å². The summed E-state index contributed by atoms with van der Waals surface area (Å²) in [7, 11) is 3.32. The molecule has 6 nitrogen and oxygen atoms in total. The molecule has 1 aliphatic carbocycles. The van der Waals surface area contributed by atoms with Gasteiger partial charge in [0.25, 0.3) is 0 Å². The van der Waals surface area contributed by atoms with Gasteiger partial charge in [0.05, 0.1) is 19.4 Å². The molecule has 0 bridgehead atoms. The van der Waals surface area contributed by atoms with Crippen LogP contribution in [0.25, 0.3) is 4.85 Å². The van der Waals surface area contributed by atoms with Gasteiger partial charge in [-0.15, -0.1) is 0 Å². The Balaban J connectivity index is 1.73. The number of halogens is 2. The minimum atomic E-state index is -0.334. The van der Waals surface area contributed by atoms with Gasteiger partial charge in [-0.1, -0.05) is 23.7 Å². The Hall–Kier alpha value is -3.37. The molecule has 1 heterocycles. The molecule has 1 aromatic heterocycles. The summed E-state index contributed by atoms with van der Waals surface area (Å²) < 4.78 is 19.9. The maximum absolute atomic E-state index is 14.6. The Morgan fingerprint density at radius 2 is 2.07 bits per heavy atom. The molecule has 2 aromatic carbocycles. The van der Waals surface area contributed by atoms with Gasteiger partial charge in [-0.2, -0.15) is 4.98 Å². The molecule has 0 aliphatic heterocycles. The summed E-state index contributed by atoms with van der Waals surface area (Å²) in [6, 6.07) is 9.91. The molecule has 0 saturated heterocycles. The Morgan fingerprint density at radius 3 is 2.77 bits per heavy atom. The molecule has 0 unspecified atom stereocenters. The summed E-state index contributed by atoms with van der Waals surface area (Å²) >= 11 is 5.92. The Labute approximate surface area is 178 Å². The number of nitrogens with one attached hydrogen (secondary N) is 2. The molecule has 0 amide bonds. The van der Waals surface area contributed by atoms with Crippen LogP contribution in [0.3, 0.4) is 0 Å². The van der Waals surface area contributed by atoms with Gasteiger partial charge >= 0.3 is 0 Å². The predicted molar refractivity (Wildman–Crippen MR) is 116 cm³/mol. The zero-order valence-electron chi connectivity index (χ0n) is 16.5. The molecular formula is C22H19ClFN5O. The van der Waals surface area contributed by atoms with Crippen molar-refractivity contribution in [3.05, 3.63) is 75.5 Å². The van der Waals surface area contributed by atoms with Crippen LogP contribution < -0.4 is 15.4 Å². The molecule has 30 heavy (non-hydrogen) atoms. The van der Waals surface area contributed by atoms with Crippen LogP contribution in [0.1, 0.15) is 29.2 Å². The molecule has 4 rings (SSSR count). The van der Waals surface area contributed by atoms with Gasteiger partial charge in [0, 0.05) is 29.2 Å². The van der Waals surface area contributed by atoms with Crippen LogP contribution in [-0.4, -0.2) is 24.1 Å². The highest BCUT2D eigenvalue weighted by atomic mass is 35.5. The lowest BCUT2D eigenvalue weighted by Gasteiger charge is -2.16. The third kappa shape index (κ3) is 3.62. The first kappa shape index (κ1) is 19.9. The van der Waals surface area contributed by atoms with Crippen LogP contribution in [-0.2, 0) is 6.42 Å². The second-order valence-electron chi connectivity index (χ2n) is 6.89. The third-order valence-electron chi connectivity index (χ3n) is 5.18. The number of rotatable bonds is 5. The zero-order chi connectivity index (χ0) is 21.3. The molecule has 152 valence electrons. The quantitative estimate of drug-likeness (QED) is 0.516. The number of benzene rings is 2. The normalized spacial score (nSPS) is 14.7. The van der Waals surface area contributed by atoms with Crippen molar-refractivity contribution in [2.45, 2.75) is 18.8 Å². The van der Waals surface area contributed by atoms with Gasteiger partial charge in [-0.05, 0) is 42.7 Å². The minimum absolute atomic E-state index is 0.174. The number of fused-ring (bicyclic) bond motifs is 1.